The minimum absolute atomic E-state index is 0.0655. The predicted octanol–water partition coefficient (Wildman–Crippen LogP) is 1.77. The van der Waals surface area contributed by atoms with Crippen LogP contribution in [0.4, 0.5) is 0 Å². The van der Waals surface area contributed by atoms with E-state index in [9.17, 15) is 0 Å². The predicted molar refractivity (Wildman–Crippen MR) is 74.7 cm³/mol. The van der Waals surface area contributed by atoms with Crippen molar-refractivity contribution in [2.75, 3.05) is 26.8 Å². The van der Waals surface area contributed by atoms with Crippen LogP contribution in [0.2, 0.25) is 0 Å². The summed E-state index contributed by atoms with van der Waals surface area (Å²) in [4.78, 5) is 0. The SMILES string of the molecule is CNCC1(C(N)c2cc3c(cc2C)OCCO3)CC1. The lowest BCUT2D eigenvalue weighted by atomic mass is 9.88. The molecule has 1 aliphatic carbocycles. The van der Waals surface area contributed by atoms with Gasteiger partial charge < -0.3 is 20.5 Å². The third-order valence-electron chi connectivity index (χ3n) is 4.35. The summed E-state index contributed by atoms with van der Waals surface area (Å²) in [7, 11) is 1.99. The van der Waals surface area contributed by atoms with Gasteiger partial charge in [-0.25, -0.2) is 0 Å². The Hall–Kier alpha value is -1.26. The van der Waals surface area contributed by atoms with Crippen molar-refractivity contribution < 1.29 is 9.47 Å². The van der Waals surface area contributed by atoms with Crippen LogP contribution in [0.15, 0.2) is 12.1 Å². The van der Waals surface area contributed by atoms with Gasteiger partial charge in [0.15, 0.2) is 11.5 Å². The molecule has 1 saturated carbocycles. The van der Waals surface area contributed by atoms with Gasteiger partial charge in [0.2, 0.25) is 0 Å². The molecule has 1 aliphatic heterocycles. The van der Waals surface area contributed by atoms with E-state index in [4.69, 9.17) is 15.2 Å². The Morgan fingerprint density at radius 3 is 2.47 bits per heavy atom. The smallest absolute Gasteiger partial charge is 0.161 e. The van der Waals surface area contributed by atoms with Crippen LogP contribution in [-0.2, 0) is 0 Å². The molecule has 2 aliphatic rings. The standard InChI is InChI=1S/C15H22N2O2/c1-10-7-12-13(19-6-5-18-12)8-11(10)14(16)15(3-4-15)9-17-2/h7-8,14,17H,3-6,9,16H2,1-2H3. The number of hydrogen-bond acceptors (Lipinski definition) is 4. The first-order chi connectivity index (χ1) is 9.16. The molecule has 1 heterocycles. The number of nitrogens with one attached hydrogen (secondary N) is 1. The van der Waals surface area contributed by atoms with Crippen LogP contribution in [0.5, 0.6) is 11.5 Å². The molecule has 3 N–H and O–H groups in total. The number of hydrogen-bond donors (Lipinski definition) is 2. The first kappa shape index (κ1) is 12.8. The van der Waals surface area contributed by atoms with Crippen molar-refractivity contribution in [2.24, 2.45) is 11.1 Å². The largest absolute Gasteiger partial charge is 0.486 e. The molecule has 0 amide bonds. The number of rotatable bonds is 4. The highest BCUT2D eigenvalue weighted by Gasteiger charge is 2.48. The van der Waals surface area contributed by atoms with Gasteiger partial charge in [0.25, 0.3) is 0 Å². The van der Waals surface area contributed by atoms with Crippen molar-refractivity contribution >= 4 is 0 Å². The summed E-state index contributed by atoms with van der Waals surface area (Å²) < 4.78 is 11.3. The summed E-state index contributed by atoms with van der Waals surface area (Å²) in [5.74, 6) is 1.68. The van der Waals surface area contributed by atoms with Crippen molar-refractivity contribution in [2.45, 2.75) is 25.8 Å². The average Bonchev–Trinajstić information content (AvgIpc) is 3.18. The Kier molecular flexibility index (Phi) is 3.15. The molecule has 1 atom stereocenters. The van der Waals surface area contributed by atoms with Crippen LogP contribution in [0, 0.1) is 12.3 Å². The molecule has 1 unspecified atom stereocenters. The summed E-state index contributed by atoms with van der Waals surface area (Å²) >= 11 is 0. The summed E-state index contributed by atoms with van der Waals surface area (Å²) in [6, 6.07) is 4.19. The van der Waals surface area contributed by atoms with Crippen LogP contribution in [0.3, 0.4) is 0 Å². The fraction of sp³-hybridized carbons (Fsp3) is 0.600. The summed E-state index contributed by atoms with van der Waals surface area (Å²) in [5.41, 5.74) is 9.13. The van der Waals surface area contributed by atoms with E-state index >= 15 is 0 Å². The monoisotopic (exact) mass is 262 g/mol. The Morgan fingerprint density at radius 1 is 1.26 bits per heavy atom. The first-order valence-electron chi connectivity index (χ1n) is 6.97. The quantitative estimate of drug-likeness (QED) is 0.868. The van der Waals surface area contributed by atoms with E-state index in [-0.39, 0.29) is 11.5 Å². The lowest BCUT2D eigenvalue weighted by Gasteiger charge is -2.27. The molecule has 3 rings (SSSR count). The molecule has 0 spiro atoms. The fourth-order valence-corrected chi connectivity index (χ4v) is 2.98. The number of aryl methyl sites for hydroxylation is 1. The zero-order valence-electron chi connectivity index (χ0n) is 11.7. The van der Waals surface area contributed by atoms with Crippen molar-refractivity contribution in [3.8, 4) is 11.5 Å². The Balaban J connectivity index is 1.92. The molecular weight excluding hydrogens is 240 g/mol. The number of fused-ring (bicyclic) bond motifs is 1. The molecule has 4 nitrogen and oxygen atoms in total. The normalized spacial score (nSPS) is 21.0. The minimum Gasteiger partial charge on any atom is -0.486 e. The lowest BCUT2D eigenvalue weighted by molar-refractivity contribution is 0.171. The van der Waals surface area contributed by atoms with Gasteiger partial charge in [0.1, 0.15) is 13.2 Å². The molecule has 0 saturated heterocycles. The molecule has 4 heteroatoms. The number of ether oxygens (including phenoxy) is 2. The molecule has 1 aromatic carbocycles. The lowest BCUT2D eigenvalue weighted by Crippen LogP contribution is -2.32. The van der Waals surface area contributed by atoms with Gasteiger partial charge in [0.05, 0.1) is 0 Å². The van der Waals surface area contributed by atoms with E-state index in [0.29, 0.717) is 13.2 Å². The van der Waals surface area contributed by atoms with Gasteiger partial charge in [-0.1, -0.05) is 0 Å². The average molecular weight is 262 g/mol. The zero-order chi connectivity index (χ0) is 13.5. The highest BCUT2D eigenvalue weighted by molar-refractivity contribution is 5.49. The zero-order valence-corrected chi connectivity index (χ0v) is 11.7. The van der Waals surface area contributed by atoms with Crippen LogP contribution in [0.1, 0.15) is 30.0 Å². The molecule has 0 radical (unpaired) electrons. The molecule has 19 heavy (non-hydrogen) atoms. The summed E-state index contributed by atoms with van der Waals surface area (Å²) in [6.45, 7) is 4.32. The van der Waals surface area contributed by atoms with Crippen LogP contribution in [-0.4, -0.2) is 26.8 Å². The van der Waals surface area contributed by atoms with Crippen molar-refractivity contribution in [1.29, 1.82) is 0 Å². The second kappa shape index (κ2) is 4.69. The molecule has 104 valence electrons. The van der Waals surface area contributed by atoms with E-state index in [1.54, 1.807) is 0 Å². The molecule has 0 aromatic heterocycles. The van der Waals surface area contributed by atoms with E-state index in [0.717, 1.165) is 18.0 Å². The van der Waals surface area contributed by atoms with Crippen LogP contribution >= 0.6 is 0 Å². The highest BCUT2D eigenvalue weighted by atomic mass is 16.6. The van der Waals surface area contributed by atoms with E-state index in [1.807, 2.05) is 7.05 Å². The molecular formula is C15H22N2O2. The van der Waals surface area contributed by atoms with Crippen molar-refractivity contribution in [3.05, 3.63) is 23.3 Å². The molecule has 1 fully saturated rings. The number of nitrogens with two attached hydrogens (primary N) is 1. The second-order valence-corrected chi connectivity index (χ2v) is 5.72. The first-order valence-corrected chi connectivity index (χ1v) is 6.97. The maximum atomic E-state index is 6.52. The van der Waals surface area contributed by atoms with E-state index in [1.165, 1.54) is 24.0 Å². The van der Waals surface area contributed by atoms with Crippen LogP contribution < -0.4 is 20.5 Å². The summed E-state index contributed by atoms with van der Waals surface area (Å²) in [6.07, 6.45) is 2.39. The Bertz CT molecular complexity index is 483. The van der Waals surface area contributed by atoms with Crippen LogP contribution in [0.25, 0.3) is 0 Å². The highest BCUT2D eigenvalue weighted by Crippen LogP contribution is 2.54. The van der Waals surface area contributed by atoms with Crippen molar-refractivity contribution in [3.63, 3.8) is 0 Å². The van der Waals surface area contributed by atoms with Crippen molar-refractivity contribution in [1.82, 2.24) is 5.32 Å². The van der Waals surface area contributed by atoms with Gasteiger partial charge in [-0.3, -0.25) is 0 Å². The minimum atomic E-state index is 0.0655. The Labute approximate surface area is 114 Å². The van der Waals surface area contributed by atoms with E-state index in [2.05, 4.69) is 24.4 Å². The van der Waals surface area contributed by atoms with Gasteiger partial charge in [0, 0.05) is 18.0 Å². The third kappa shape index (κ3) is 2.19. The second-order valence-electron chi connectivity index (χ2n) is 5.72. The van der Waals surface area contributed by atoms with Gasteiger partial charge >= 0.3 is 0 Å². The fourth-order valence-electron chi connectivity index (χ4n) is 2.98. The summed E-state index contributed by atoms with van der Waals surface area (Å²) in [5, 5.41) is 3.27. The molecule has 1 aromatic rings. The Morgan fingerprint density at radius 2 is 1.89 bits per heavy atom. The number of benzene rings is 1. The van der Waals surface area contributed by atoms with Gasteiger partial charge in [-0.05, 0) is 50.1 Å². The van der Waals surface area contributed by atoms with Gasteiger partial charge in [-0.2, -0.15) is 0 Å². The third-order valence-corrected chi connectivity index (χ3v) is 4.35. The maximum Gasteiger partial charge on any atom is 0.161 e. The topological polar surface area (TPSA) is 56.5 Å². The van der Waals surface area contributed by atoms with Gasteiger partial charge in [-0.15, -0.1) is 0 Å². The maximum absolute atomic E-state index is 6.52. The van der Waals surface area contributed by atoms with E-state index < -0.39 is 0 Å². The molecule has 0 bridgehead atoms.